The van der Waals surface area contributed by atoms with Gasteiger partial charge in [0.05, 0.1) is 0 Å². The first-order valence-corrected chi connectivity index (χ1v) is 6.34. The number of rotatable bonds is 4. The van der Waals surface area contributed by atoms with Crippen LogP contribution in [0.15, 0.2) is 0 Å². The molecule has 0 heterocycles. The fraction of sp³-hybridized carbons (Fsp3) is 1.00. The van der Waals surface area contributed by atoms with Crippen LogP contribution in [0.4, 0.5) is 0 Å². The zero-order chi connectivity index (χ0) is 10.6. The molecule has 2 unspecified atom stereocenters. The summed E-state index contributed by atoms with van der Waals surface area (Å²) in [5.41, 5.74) is 0. The van der Waals surface area contributed by atoms with E-state index in [4.69, 9.17) is 0 Å². The van der Waals surface area contributed by atoms with Gasteiger partial charge in [0.25, 0.3) is 0 Å². The minimum absolute atomic E-state index is 0.651. The molecule has 1 aliphatic carbocycles. The first kappa shape index (κ1) is 12.0. The largest absolute Gasteiger partial charge is 0.312 e. The summed E-state index contributed by atoms with van der Waals surface area (Å²) in [5, 5.41) is 3.68. The molecular formula is C13H27N. The minimum Gasteiger partial charge on any atom is -0.312 e. The highest BCUT2D eigenvalue weighted by molar-refractivity contribution is 4.79. The summed E-state index contributed by atoms with van der Waals surface area (Å²) < 4.78 is 0. The Morgan fingerprint density at radius 3 is 2.43 bits per heavy atom. The third-order valence-electron chi connectivity index (χ3n) is 3.16. The number of nitrogens with one attached hydrogen (secondary N) is 1. The predicted octanol–water partition coefficient (Wildman–Crippen LogP) is 3.59. The molecule has 14 heavy (non-hydrogen) atoms. The zero-order valence-corrected chi connectivity index (χ0v) is 10.3. The van der Waals surface area contributed by atoms with E-state index in [0.717, 1.165) is 17.9 Å². The fourth-order valence-corrected chi connectivity index (χ4v) is 2.79. The molecule has 1 N–H and O–H groups in total. The van der Waals surface area contributed by atoms with Crippen molar-refractivity contribution in [3.63, 3.8) is 0 Å². The Balaban J connectivity index is 2.28. The van der Waals surface area contributed by atoms with Gasteiger partial charge < -0.3 is 5.32 Å². The Hall–Kier alpha value is -0.0400. The highest BCUT2D eigenvalue weighted by Crippen LogP contribution is 2.29. The smallest absolute Gasteiger partial charge is 0.00720 e. The molecule has 0 aliphatic heterocycles. The lowest BCUT2D eigenvalue weighted by molar-refractivity contribution is 0.245. The van der Waals surface area contributed by atoms with Gasteiger partial charge in [-0.15, -0.1) is 0 Å². The topological polar surface area (TPSA) is 12.0 Å². The Labute approximate surface area is 89.7 Å². The molecule has 1 aliphatic rings. The third kappa shape index (κ3) is 4.45. The van der Waals surface area contributed by atoms with E-state index in [1.165, 1.54) is 32.1 Å². The maximum Gasteiger partial charge on any atom is 0.00720 e. The van der Waals surface area contributed by atoms with Gasteiger partial charge in [0, 0.05) is 12.1 Å². The van der Waals surface area contributed by atoms with Gasteiger partial charge in [-0.1, -0.05) is 40.5 Å². The van der Waals surface area contributed by atoms with Crippen LogP contribution in [0.5, 0.6) is 0 Å². The first-order chi connectivity index (χ1) is 6.58. The van der Waals surface area contributed by atoms with Crippen molar-refractivity contribution in [3.05, 3.63) is 0 Å². The van der Waals surface area contributed by atoms with Crippen LogP contribution in [0, 0.1) is 11.8 Å². The van der Waals surface area contributed by atoms with E-state index in [9.17, 15) is 0 Å². The SMILES string of the molecule is CC(C)CC1CCCC(NC(C)C)C1. The normalized spacial score (nSPS) is 28.7. The zero-order valence-electron chi connectivity index (χ0n) is 10.3. The van der Waals surface area contributed by atoms with Crippen LogP contribution in [0.25, 0.3) is 0 Å². The summed E-state index contributed by atoms with van der Waals surface area (Å²) >= 11 is 0. The summed E-state index contributed by atoms with van der Waals surface area (Å²) in [5.74, 6) is 1.86. The lowest BCUT2D eigenvalue weighted by Gasteiger charge is -2.32. The molecule has 2 atom stereocenters. The molecule has 0 bridgehead atoms. The van der Waals surface area contributed by atoms with Crippen LogP contribution in [-0.4, -0.2) is 12.1 Å². The second-order valence-electron chi connectivity index (χ2n) is 5.68. The maximum absolute atomic E-state index is 3.68. The van der Waals surface area contributed by atoms with E-state index in [1.807, 2.05) is 0 Å². The van der Waals surface area contributed by atoms with Gasteiger partial charge in [-0.3, -0.25) is 0 Å². The first-order valence-electron chi connectivity index (χ1n) is 6.34. The Bertz CT molecular complexity index is 135. The van der Waals surface area contributed by atoms with E-state index in [2.05, 4.69) is 33.0 Å². The van der Waals surface area contributed by atoms with Gasteiger partial charge in [-0.05, 0) is 31.1 Å². The summed E-state index contributed by atoms with van der Waals surface area (Å²) in [4.78, 5) is 0. The molecular weight excluding hydrogens is 170 g/mol. The molecule has 1 nitrogen and oxygen atoms in total. The molecule has 0 aromatic heterocycles. The number of hydrogen-bond acceptors (Lipinski definition) is 1. The van der Waals surface area contributed by atoms with Crippen molar-refractivity contribution in [1.29, 1.82) is 0 Å². The lowest BCUT2D eigenvalue weighted by atomic mass is 9.81. The van der Waals surface area contributed by atoms with E-state index < -0.39 is 0 Å². The van der Waals surface area contributed by atoms with Crippen LogP contribution in [0.3, 0.4) is 0 Å². The van der Waals surface area contributed by atoms with Crippen molar-refractivity contribution in [2.24, 2.45) is 11.8 Å². The quantitative estimate of drug-likeness (QED) is 0.726. The minimum atomic E-state index is 0.651. The summed E-state index contributed by atoms with van der Waals surface area (Å²) in [7, 11) is 0. The standard InChI is InChI=1S/C13H27N/c1-10(2)8-12-6-5-7-13(9-12)14-11(3)4/h10-14H,5-9H2,1-4H3. The maximum atomic E-state index is 3.68. The summed E-state index contributed by atoms with van der Waals surface area (Å²) in [6.45, 7) is 9.21. The van der Waals surface area contributed by atoms with E-state index >= 15 is 0 Å². The van der Waals surface area contributed by atoms with Gasteiger partial charge in [-0.25, -0.2) is 0 Å². The average Bonchev–Trinajstić information content (AvgIpc) is 2.01. The van der Waals surface area contributed by atoms with Gasteiger partial charge >= 0.3 is 0 Å². The van der Waals surface area contributed by atoms with E-state index in [1.54, 1.807) is 0 Å². The van der Waals surface area contributed by atoms with Gasteiger partial charge in [-0.2, -0.15) is 0 Å². The molecule has 0 spiro atoms. The molecule has 1 fully saturated rings. The molecule has 0 aromatic carbocycles. The van der Waals surface area contributed by atoms with Gasteiger partial charge in [0.15, 0.2) is 0 Å². The van der Waals surface area contributed by atoms with Crippen LogP contribution in [0.1, 0.15) is 59.8 Å². The molecule has 0 amide bonds. The van der Waals surface area contributed by atoms with Crippen LogP contribution in [-0.2, 0) is 0 Å². The Kier molecular flexibility index (Phi) is 4.94. The van der Waals surface area contributed by atoms with Gasteiger partial charge in [0.2, 0.25) is 0 Å². The van der Waals surface area contributed by atoms with Crippen molar-refractivity contribution in [3.8, 4) is 0 Å². The second kappa shape index (κ2) is 5.75. The second-order valence-corrected chi connectivity index (χ2v) is 5.68. The number of hydrogen-bond donors (Lipinski definition) is 1. The third-order valence-corrected chi connectivity index (χ3v) is 3.16. The fourth-order valence-electron chi connectivity index (χ4n) is 2.79. The van der Waals surface area contributed by atoms with Crippen molar-refractivity contribution >= 4 is 0 Å². The van der Waals surface area contributed by atoms with Crippen LogP contribution >= 0.6 is 0 Å². The predicted molar refractivity (Wildman–Crippen MR) is 63.5 cm³/mol. The monoisotopic (exact) mass is 197 g/mol. The Morgan fingerprint density at radius 2 is 1.86 bits per heavy atom. The molecule has 0 radical (unpaired) electrons. The van der Waals surface area contributed by atoms with E-state index in [0.29, 0.717) is 6.04 Å². The van der Waals surface area contributed by atoms with Crippen molar-refractivity contribution in [2.75, 3.05) is 0 Å². The van der Waals surface area contributed by atoms with Crippen LogP contribution < -0.4 is 5.32 Å². The lowest BCUT2D eigenvalue weighted by Crippen LogP contribution is -2.38. The highest BCUT2D eigenvalue weighted by Gasteiger charge is 2.22. The molecule has 1 saturated carbocycles. The van der Waals surface area contributed by atoms with E-state index in [-0.39, 0.29) is 0 Å². The average molecular weight is 197 g/mol. The molecule has 84 valence electrons. The molecule has 0 saturated heterocycles. The van der Waals surface area contributed by atoms with Crippen LogP contribution in [0.2, 0.25) is 0 Å². The van der Waals surface area contributed by atoms with Crippen molar-refractivity contribution in [2.45, 2.75) is 71.9 Å². The molecule has 1 rings (SSSR count). The summed E-state index contributed by atoms with van der Waals surface area (Å²) in [6.07, 6.45) is 7.13. The molecule has 0 aromatic rings. The Morgan fingerprint density at radius 1 is 1.14 bits per heavy atom. The van der Waals surface area contributed by atoms with Gasteiger partial charge in [0.1, 0.15) is 0 Å². The van der Waals surface area contributed by atoms with Crippen molar-refractivity contribution in [1.82, 2.24) is 5.32 Å². The highest BCUT2D eigenvalue weighted by atomic mass is 14.9. The van der Waals surface area contributed by atoms with Crippen molar-refractivity contribution < 1.29 is 0 Å². The summed E-state index contributed by atoms with van der Waals surface area (Å²) in [6, 6.07) is 1.45. The molecule has 1 heteroatoms.